The maximum Gasteiger partial charge on any atom is 0.338 e. The Morgan fingerprint density at radius 1 is 1.03 bits per heavy atom. The van der Waals surface area contributed by atoms with E-state index in [0.717, 1.165) is 29.7 Å². The number of rotatable bonds is 5. The molecule has 1 heterocycles. The van der Waals surface area contributed by atoms with Crippen LogP contribution < -0.4 is 10.2 Å². The molecular weight excluding hydrogens is 408 g/mol. The smallest absolute Gasteiger partial charge is 0.338 e. The number of hydrogen-bond donors (Lipinski definition) is 1. The fraction of sp³-hybridized carbons (Fsp3) is 0.360. The molecule has 0 bridgehead atoms. The molecule has 2 aromatic rings. The van der Waals surface area contributed by atoms with Crippen molar-refractivity contribution in [3.63, 3.8) is 0 Å². The monoisotopic (exact) mass is 434 g/mol. The number of anilines is 1. The minimum Gasteiger partial charge on any atom is -0.452 e. The van der Waals surface area contributed by atoms with Crippen LogP contribution in [0.3, 0.4) is 0 Å². The summed E-state index contributed by atoms with van der Waals surface area (Å²) in [6, 6.07) is 11.5. The topological polar surface area (TPSA) is 92.8 Å². The van der Waals surface area contributed by atoms with Crippen molar-refractivity contribution in [1.82, 2.24) is 5.32 Å². The lowest BCUT2D eigenvalue weighted by atomic mass is 9.86. The molecule has 0 radical (unpaired) electrons. The van der Waals surface area contributed by atoms with Gasteiger partial charge in [0.25, 0.3) is 17.7 Å². The predicted molar refractivity (Wildman–Crippen MR) is 119 cm³/mol. The fourth-order valence-electron chi connectivity index (χ4n) is 4.39. The van der Waals surface area contributed by atoms with E-state index in [9.17, 15) is 19.2 Å². The van der Waals surface area contributed by atoms with E-state index in [4.69, 9.17) is 4.74 Å². The fourth-order valence-corrected chi connectivity index (χ4v) is 4.39. The van der Waals surface area contributed by atoms with Gasteiger partial charge in [0, 0.05) is 6.04 Å². The van der Waals surface area contributed by atoms with Crippen molar-refractivity contribution in [1.29, 1.82) is 0 Å². The highest BCUT2D eigenvalue weighted by Gasteiger charge is 2.37. The molecule has 0 aromatic heterocycles. The molecule has 32 heavy (non-hydrogen) atoms. The molecule has 1 aliphatic carbocycles. The molecule has 166 valence electrons. The Kier molecular flexibility index (Phi) is 6.08. The number of imide groups is 1. The number of amides is 3. The summed E-state index contributed by atoms with van der Waals surface area (Å²) >= 11 is 0. The number of aryl methyl sites for hydroxylation is 1. The van der Waals surface area contributed by atoms with Crippen LogP contribution in [0.2, 0.25) is 0 Å². The van der Waals surface area contributed by atoms with Crippen LogP contribution in [0, 0.1) is 12.8 Å². The quantitative estimate of drug-likeness (QED) is 0.573. The summed E-state index contributed by atoms with van der Waals surface area (Å²) in [4.78, 5) is 51.6. The molecule has 0 spiro atoms. The Labute approximate surface area is 186 Å². The highest BCUT2D eigenvalue weighted by atomic mass is 16.5. The second-order valence-electron chi connectivity index (χ2n) is 8.50. The largest absolute Gasteiger partial charge is 0.452 e. The lowest BCUT2D eigenvalue weighted by Crippen LogP contribution is -2.42. The first-order valence-corrected chi connectivity index (χ1v) is 10.9. The highest BCUT2D eigenvalue weighted by molar-refractivity contribution is 6.34. The number of fused-ring (bicyclic) bond motifs is 1. The van der Waals surface area contributed by atoms with Crippen LogP contribution in [0.1, 0.15) is 69.2 Å². The van der Waals surface area contributed by atoms with Gasteiger partial charge < -0.3 is 10.1 Å². The second-order valence-corrected chi connectivity index (χ2v) is 8.50. The third-order valence-corrected chi connectivity index (χ3v) is 6.27. The Morgan fingerprint density at radius 3 is 2.50 bits per heavy atom. The van der Waals surface area contributed by atoms with Crippen LogP contribution in [0.4, 0.5) is 5.69 Å². The number of ether oxygens (including phenoxy) is 1. The minimum absolute atomic E-state index is 0.103. The predicted octanol–water partition coefficient (Wildman–Crippen LogP) is 3.65. The van der Waals surface area contributed by atoms with Crippen LogP contribution in [0.25, 0.3) is 0 Å². The lowest BCUT2D eigenvalue weighted by molar-refractivity contribution is -0.125. The van der Waals surface area contributed by atoms with Crippen LogP contribution in [0.5, 0.6) is 0 Å². The van der Waals surface area contributed by atoms with Crippen molar-refractivity contribution in [2.24, 2.45) is 5.92 Å². The minimum atomic E-state index is -0.714. The SMILES string of the molecule is Cc1ccccc1N1C(=O)c2ccc(C(=O)OCC(=O)NC3CCCCC3C)cc2C1=O. The lowest BCUT2D eigenvalue weighted by Gasteiger charge is -2.29. The second kappa shape index (κ2) is 8.94. The third kappa shape index (κ3) is 4.15. The number of carbonyl (C=O) groups is 4. The standard InChI is InChI=1S/C25H26N2O5/c1-15-7-3-5-9-20(15)26-22(28)14-32-25(31)17-11-12-18-19(13-17)24(30)27(23(18)29)21-10-6-4-8-16(21)2/h4,6,8,10-13,15,20H,3,5,7,9,14H2,1-2H3,(H,26,28). The normalized spacial score (nSPS) is 20.1. The van der Waals surface area contributed by atoms with Crippen molar-refractivity contribution in [2.45, 2.75) is 45.6 Å². The van der Waals surface area contributed by atoms with E-state index >= 15 is 0 Å². The number of carbonyl (C=O) groups excluding carboxylic acids is 4. The Hall–Kier alpha value is -3.48. The van der Waals surface area contributed by atoms with Gasteiger partial charge in [0.1, 0.15) is 0 Å². The van der Waals surface area contributed by atoms with Gasteiger partial charge >= 0.3 is 5.97 Å². The Bertz CT molecular complexity index is 1090. The average molecular weight is 434 g/mol. The van der Waals surface area contributed by atoms with Gasteiger partial charge in [-0.2, -0.15) is 0 Å². The maximum atomic E-state index is 12.9. The van der Waals surface area contributed by atoms with Gasteiger partial charge in [-0.05, 0) is 55.5 Å². The average Bonchev–Trinajstić information content (AvgIpc) is 3.03. The first-order valence-electron chi connectivity index (χ1n) is 10.9. The molecule has 2 unspecified atom stereocenters. The van der Waals surface area contributed by atoms with Gasteiger partial charge in [-0.3, -0.25) is 14.4 Å². The molecule has 1 saturated carbocycles. The van der Waals surface area contributed by atoms with E-state index in [1.807, 2.05) is 19.1 Å². The van der Waals surface area contributed by atoms with E-state index < -0.39 is 17.8 Å². The summed E-state index contributed by atoms with van der Waals surface area (Å²) in [6.45, 7) is 3.54. The van der Waals surface area contributed by atoms with Crippen molar-refractivity contribution >= 4 is 29.4 Å². The molecule has 2 atom stereocenters. The highest BCUT2D eigenvalue weighted by Crippen LogP contribution is 2.31. The van der Waals surface area contributed by atoms with Gasteiger partial charge in [-0.25, -0.2) is 9.69 Å². The van der Waals surface area contributed by atoms with Crippen LogP contribution in [-0.2, 0) is 9.53 Å². The van der Waals surface area contributed by atoms with E-state index in [-0.39, 0.29) is 35.2 Å². The van der Waals surface area contributed by atoms with E-state index in [1.165, 1.54) is 24.6 Å². The first kappa shape index (κ1) is 21.7. The summed E-state index contributed by atoms with van der Waals surface area (Å²) in [6.07, 6.45) is 4.26. The molecule has 3 amide bonds. The van der Waals surface area contributed by atoms with Gasteiger partial charge in [0.15, 0.2) is 6.61 Å². The molecule has 1 fully saturated rings. The number of benzene rings is 2. The van der Waals surface area contributed by atoms with Gasteiger partial charge in [0.2, 0.25) is 0 Å². The summed E-state index contributed by atoms with van der Waals surface area (Å²) in [5, 5.41) is 2.94. The van der Waals surface area contributed by atoms with Gasteiger partial charge in [0.05, 0.1) is 22.4 Å². The third-order valence-electron chi connectivity index (χ3n) is 6.27. The molecule has 7 heteroatoms. The first-order chi connectivity index (χ1) is 15.4. The molecule has 7 nitrogen and oxygen atoms in total. The molecular formula is C25H26N2O5. The van der Waals surface area contributed by atoms with Crippen LogP contribution >= 0.6 is 0 Å². The maximum absolute atomic E-state index is 12.9. The molecule has 0 saturated heterocycles. The van der Waals surface area contributed by atoms with Crippen molar-refractivity contribution in [3.05, 3.63) is 64.7 Å². The van der Waals surface area contributed by atoms with Crippen molar-refractivity contribution in [2.75, 3.05) is 11.5 Å². The Morgan fingerprint density at radius 2 is 1.75 bits per heavy atom. The van der Waals surface area contributed by atoms with E-state index in [0.29, 0.717) is 11.6 Å². The molecule has 2 aliphatic rings. The summed E-state index contributed by atoms with van der Waals surface area (Å²) < 4.78 is 5.16. The zero-order valence-electron chi connectivity index (χ0n) is 18.2. The van der Waals surface area contributed by atoms with Crippen LogP contribution in [-0.4, -0.2) is 36.3 Å². The summed E-state index contributed by atoms with van der Waals surface area (Å²) in [5.41, 5.74) is 1.80. The van der Waals surface area contributed by atoms with Crippen molar-refractivity contribution < 1.29 is 23.9 Å². The zero-order chi connectivity index (χ0) is 22.8. The number of para-hydroxylation sites is 1. The number of esters is 1. The van der Waals surface area contributed by atoms with Gasteiger partial charge in [-0.1, -0.05) is 38.0 Å². The number of hydrogen-bond acceptors (Lipinski definition) is 5. The van der Waals surface area contributed by atoms with E-state index in [1.54, 1.807) is 12.1 Å². The summed E-state index contributed by atoms with van der Waals surface area (Å²) in [5.74, 6) is -1.57. The van der Waals surface area contributed by atoms with E-state index in [2.05, 4.69) is 12.2 Å². The van der Waals surface area contributed by atoms with Crippen LogP contribution in [0.15, 0.2) is 42.5 Å². The molecule has 1 N–H and O–H groups in total. The molecule has 4 rings (SSSR count). The Balaban J connectivity index is 1.43. The molecule has 2 aromatic carbocycles. The zero-order valence-corrected chi connectivity index (χ0v) is 18.2. The number of nitrogens with zero attached hydrogens (tertiary/aromatic N) is 1. The summed E-state index contributed by atoms with van der Waals surface area (Å²) in [7, 11) is 0. The van der Waals surface area contributed by atoms with Crippen molar-refractivity contribution in [3.8, 4) is 0 Å². The van der Waals surface area contributed by atoms with Gasteiger partial charge in [-0.15, -0.1) is 0 Å². The molecule has 1 aliphatic heterocycles. The number of nitrogens with one attached hydrogen (secondary N) is 1.